The standard InChI is InChI=1S/C24H33N3O.2ClH/c1-18-13-19(2)16-27(15-18)17-22-9-4-3-8-21(22)14-26-24(28)12-11-20-7-5-6-10-23(20)25;;/h3-10,18-19H,11-17,25H2,1-2H3,(H,26,28);2*1H. The molecule has 2 aromatic carbocycles. The first-order valence-corrected chi connectivity index (χ1v) is 10.4. The van der Waals surface area contributed by atoms with Crippen LogP contribution >= 0.6 is 24.8 Å². The molecule has 30 heavy (non-hydrogen) atoms. The van der Waals surface area contributed by atoms with E-state index in [1.807, 2.05) is 24.3 Å². The average molecular weight is 452 g/mol. The molecule has 2 unspecified atom stereocenters. The summed E-state index contributed by atoms with van der Waals surface area (Å²) in [5.74, 6) is 1.57. The number of benzene rings is 2. The molecule has 0 aliphatic carbocycles. The molecule has 0 radical (unpaired) electrons. The third-order valence-electron chi connectivity index (χ3n) is 5.61. The van der Waals surface area contributed by atoms with E-state index in [2.05, 4.69) is 48.3 Å². The van der Waals surface area contributed by atoms with Crippen LogP contribution in [0.25, 0.3) is 0 Å². The second kappa shape index (κ2) is 12.8. The SMILES string of the molecule is CC1CC(C)CN(Cc2ccccc2CNC(=O)CCc2ccccc2N)C1.Cl.Cl. The lowest BCUT2D eigenvalue weighted by molar-refractivity contribution is -0.121. The van der Waals surface area contributed by atoms with Gasteiger partial charge < -0.3 is 11.1 Å². The molecule has 3 N–H and O–H groups in total. The molecule has 166 valence electrons. The number of piperidine rings is 1. The van der Waals surface area contributed by atoms with Gasteiger partial charge in [-0.25, -0.2) is 0 Å². The maximum atomic E-state index is 12.3. The molecule has 3 rings (SSSR count). The van der Waals surface area contributed by atoms with Crippen molar-refractivity contribution in [2.75, 3.05) is 18.8 Å². The Kier molecular flexibility index (Phi) is 11.2. The van der Waals surface area contributed by atoms with Gasteiger partial charge in [-0.2, -0.15) is 0 Å². The molecule has 2 aromatic rings. The van der Waals surface area contributed by atoms with E-state index in [1.165, 1.54) is 17.5 Å². The summed E-state index contributed by atoms with van der Waals surface area (Å²) in [6, 6.07) is 16.2. The number of rotatable bonds is 7. The highest BCUT2D eigenvalue weighted by atomic mass is 35.5. The van der Waals surface area contributed by atoms with Crippen molar-refractivity contribution in [3.63, 3.8) is 0 Å². The summed E-state index contributed by atoms with van der Waals surface area (Å²) in [6.07, 6.45) is 2.45. The predicted octanol–water partition coefficient (Wildman–Crippen LogP) is 4.84. The number of hydrogen-bond acceptors (Lipinski definition) is 3. The molecule has 0 saturated carbocycles. The number of para-hydroxylation sites is 1. The van der Waals surface area contributed by atoms with Crippen molar-refractivity contribution in [2.45, 2.75) is 46.2 Å². The van der Waals surface area contributed by atoms with Gasteiger partial charge in [0.05, 0.1) is 0 Å². The fourth-order valence-corrected chi connectivity index (χ4v) is 4.34. The van der Waals surface area contributed by atoms with Gasteiger partial charge in [0.25, 0.3) is 0 Å². The molecule has 0 spiro atoms. The average Bonchev–Trinajstić information content (AvgIpc) is 2.66. The number of aryl methyl sites for hydroxylation is 1. The fourth-order valence-electron chi connectivity index (χ4n) is 4.34. The molecule has 1 aliphatic rings. The Bertz CT molecular complexity index is 790. The highest BCUT2D eigenvalue weighted by Gasteiger charge is 2.22. The molecule has 0 aromatic heterocycles. The van der Waals surface area contributed by atoms with Crippen LogP contribution in [0.5, 0.6) is 0 Å². The number of carbonyl (C=O) groups is 1. The molecule has 6 heteroatoms. The Morgan fingerprint density at radius 3 is 2.17 bits per heavy atom. The molecule has 1 fully saturated rings. The van der Waals surface area contributed by atoms with Crippen LogP contribution in [0, 0.1) is 11.8 Å². The molecule has 4 nitrogen and oxygen atoms in total. The molecule has 1 saturated heterocycles. The van der Waals surface area contributed by atoms with E-state index in [1.54, 1.807) is 0 Å². The number of hydrogen-bond donors (Lipinski definition) is 2. The van der Waals surface area contributed by atoms with Crippen LogP contribution in [0.15, 0.2) is 48.5 Å². The van der Waals surface area contributed by atoms with Crippen LogP contribution in [-0.4, -0.2) is 23.9 Å². The van der Waals surface area contributed by atoms with Gasteiger partial charge in [0.15, 0.2) is 0 Å². The van der Waals surface area contributed by atoms with Gasteiger partial charge in [0.2, 0.25) is 5.91 Å². The molecule has 1 amide bonds. The van der Waals surface area contributed by atoms with Crippen molar-refractivity contribution in [1.82, 2.24) is 10.2 Å². The number of nitrogens with two attached hydrogens (primary N) is 1. The van der Waals surface area contributed by atoms with Crippen LogP contribution in [0.3, 0.4) is 0 Å². The van der Waals surface area contributed by atoms with Crippen molar-refractivity contribution < 1.29 is 4.79 Å². The summed E-state index contributed by atoms with van der Waals surface area (Å²) in [7, 11) is 0. The van der Waals surface area contributed by atoms with E-state index < -0.39 is 0 Å². The maximum absolute atomic E-state index is 12.3. The zero-order chi connectivity index (χ0) is 19.9. The van der Waals surface area contributed by atoms with Crippen molar-refractivity contribution >= 4 is 36.4 Å². The van der Waals surface area contributed by atoms with E-state index >= 15 is 0 Å². The predicted molar refractivity (Wildman–Crippen MR) is 130 cm³/mol. The van der Waals surface area contributed by atoms with E-state index in [0.29, 0.717) is 19.4 Å². The van der Waals surface area contributed by atoms with E-state index in [-0.39, 0.29) is 30.7 Å². The Hall–Kier alpha value is -1.75. The van der Waals surface area contributed by atoms with Crippen molar-refractivity contribution in [1.29, 1.82) is 0 Å². The summed E-state index contributed by atoms with van der Waals surface area (Å²) in [5, 5.41) is 3.09. The van der Waals surface area contributed by atoms with Crippen LogP contribution < -0.4 is 11.1 Å². The number of anilines is 1. The molecule has 2 atom stereocenters. The Morgan fingerprint density at radius 1 is 0.967 bits per heavy atom. The molecular weight excluding hydrogens is 417 g/mol. The summed E-state index contributed by atoms with van der Waals surface area (Å²) in [5.41, 5.74) is 10.3. The van der Waals surface area contributed by atoms with Crippen LogP contribution in [0.2, 0.25) is 0 Å². The van der Waals surface area contributed by atoms with Gasteiger partial charge in [-0.1, -0.05) is 56.3 Å². The fraction of sp³-hybridized carbons (Fsp3) is 0.458. The number of amides is 1. The van der Waals surface area contributed by atoms with E-state index in [4.69, 9.17) is 5.73 Å². The highest BCUT2D eigenvalue weighted by molar-refractivity contribution is 5.85. The lowest BCUT2D eigenvalue weighted by Gasteiger charge is -2.35. The second-order valence-corrected chi connectivity index (χ2v) is 8.38. The number of nitrogen functional groups attached to an aromatic ring is 1. The number of likely N-dealkylation sites (tertiary alicyclic amines) is 1. The van der Waals surface area contributed by atoms with Crippen molar-refractivity contribution in [3.8, 4) is 0 Å². The third-order valence-corrected chi connectivity index (χ3v) is 5.61. The maximum Gasteiger partial charge on any atom is 0.220 e. The van der Waals surface area contributed by atoms with Crippen molar-refractivity contribution in [2.24, 2.45) is 11.8 Å². The second-order valence-electron chi connectivity index (χ2n) is 8.38. The first-order valence-electron chi connectivity index (χ1n) is 10.4. The topological polar surface area (TPSA) is 58.4 Å². The zero-order valence-corrected chi connectivity index (χ0v) is 19.6. The zero-order valence-electron chi connectivity index (χ0n) is 18.0. The first kappa shape index (κ1) is 26.3. The van der Waals surface area contributed by atoms with Crippen LogP contribution in [0.1, 0.15) is 43.4 Å². The van der Waals surface area contributed by atoms with Crippen molar-refractivity contribution in [3.05, 3.63) is 65.2 Å². The summed E-state index contributed by atoms with van der Waals surface area (Å²) < 4.78 is 0. The minimum atomic E-state index is 0. The highest BCUT2D eigenvalue weighted by Crippen LogP contribution is 2.23. The van der Waals surface area contributed by atoms with Gasteiger partial charge in [0, 0.05) is 38.3 Å². The largest absolute Gasteiger partial charge is 0.399 e. The molecule has 1 aliphatic heterocycles. The van der Waals surface area contributed by atoms with Gasteiger partial charge in [-0.3, -0.25) is 9.69 Å². The number of halogens is 2. The molecule has 1 heterocycles. The minimum absolute atomic E-state index is 0. The quantitative estimate of drug-likeness (QED) is 0.591. The van der Waals surface area contributed by atoms with Gasteiger partial charge >= 0.3 is 0 Å². The normalized spacial score (nSPS) is 18.7. The molecular formula is C24H35Cl2N3O. The first-order chi connectivity index (χ1) is 13.5. The Labute approximate surface area is 193 Å². The van der Waals surface area contributed by atoms with Gasteiger partial charge in [-0.05, 0) is 47.4 Å². The summed E-state index contributed by atoms with van der Waals surface area (Å²) >= 11 is 0. The van der Waals surface area contributed by atoms with Gasteiger partial charge in [-0.15, -0.1) is 24.8 Å². The smallest absolute Gasteiger partial charge is 0.220 e. The lowest BCUT2D eigenvalue weighted by Crippen LogP contribution is -2.38. The lowest BCUT2D eigenvalue weighted by atomic mass is 9.91. The third kappa shape index (κ3) is 7.82. The van der Waals surface area contributed by atoms with Gasteiger partial charge in [0.1, 0.15) is 0 Å². The van der Waals surface area contributed by atoms with Crippen LogP contribution in [-0.2, 0) is 24.3 Å². The monoisotopic (exact) mass is 451 g/mol. The Balaban J connectivity index is 0.00000225. The summed E-state index contributed by atoms with van der Waals surface area (Å²) in [6.45, 7) is 8.54. The summed E-state index contributed by atoms with van der Waals surface area (Å²) in [4.78, 5) is 14.9. The minimum Gasteiger partial charge on any atom is -0.399 e. The number of carbonyl (C=O) groups excluding carboxylic acids is 1. The van der Waals surface area contributed by atoms with Crippen LogP contribution in [0.4, 0.5) is 5.69 Å². The number of nitrogens with zero attached hydrogens (tertiary/aromatic N) is 1. The van der Waals surface area contributed by atoms with E-state index in [0.717, 1.165) is 42.7 Å². The van der Waals surface area contributed by atoms with E-state index in [9.17, 15) is 4.79 Å². The number of nitrogens with one attached hydrogen (secondary N) is 1. The molecule has 0 bridgehead atoms. The Morgan fingerprint density at radius 2 is 1.53 bits per heavy atom.